The van der Waals surface area contributed by atoms with Crippen molar-refractivity contribution in [3.8, 4) is 6.07 Å². The van der Waals surface area contributed by atoms with Crippen molar-refractivity contribution in [2.45, 2.75) is 18.4 Å². The van der Waals surface area contributed by atoms with Crippen LogP contribution >= 0.6 is 0 Å². The van der Waals surface area contributed by atoms with Gasteiger partial charge in [0.1, 0.15) is 11.9 Å². The van der Waals surface area contributed by atoms with E-state index < -0.39 is 0 Å². The van der Waals surface area contributed by atoms with E-state index >= 15 is 0 Å². The Morgan fingerprint density at radius 2 is 2.36 bits per heavy atom. The predicted octanol–water partition coefficient (Wildman–Crippen LogP) is 0.890. The highest BCUT2D eigenvalue weighted by Crippen LogP contribution is 2.37. The van der Waals surface area contributed by atoms with Crippen molar-refractivity contribution in [1.29, 1.82) is 5.26 Å². The second-order valence-electron chi connectivity index (χ2n) is 3.61. The minimum atomic E-state index is -0.152. The minimum Gasteiger partial charge on any atom is -0.394 e. The molecule has 0 atom stereocenters. The predicted molar refractivity (Wildman–Crippen MR) is 51.6 cm³/mol. The molecule has 0 unspecified atom stereocenters. The van der Waals surface area contributed by atoms with Crippen LogP contribution in [-0.2, 0) is 0 Å². The summed E-state index contributed by atoms with van der Waals surface area (Å²) in [6.07, 6.45) is 3.48. The molecule has 1 fully saturated rings. The lowest BCUT2D eigenvalue weighted by atomic mass is 10.2. The summed E-state index contributed by atoms with van der Waals surface area (Å²) in [5.74, 6) is 0.718. The maximum absolute atomic E-state index is 9.08. The molecule has 4 heteroatoms. The molecule has 72 valence electrons. The smallest absolute Gasteiger partial charge is 0.126 e. The van der Waals surface area contributed by atoms with Crippen molar-refractivity contribution in [2.24, 2.45) is 0 Å². The maximum Gasteiger partial charge on any atom is 0.126 e. The van der Waals surface area contributed by atoms with E-state index in [1.807, 2.05) is 6.07 Å². The zero-order valence-electron chi connectivity index (χ0n) is 7.70. The van der Waals surface area contributed by atoms with E-state index in [9.17, 15) is 0 Å². The quantitative estimate of drug-likeness (QED) is 0.740. The molecule has 0 radical (unpaired) electrons. The Morgan fingerprint density at radius 1 is 1.57 bits per heavy atom. The number of hydrogen-bond acceptors (Lipinski definition) is 4. The summed E-state index contributed by atoms with van der Waals surface area (Å²) in [5, 5.41) is 20.8. The molecule has 0 amide bonds. The molecule has 1 saturated carbocycles. The molecule has 1 aromatic heterocycles. The molecular formula is C10H11N3O. The van der Waals surface area contributed by atoms with Gasteiger partial charge in [0, 0.05) is 6.20 Å². The standard InChI is InChI=1S/C10H11N3O/c11-5-8-1-2-9(12-6-8)13-10(7-14)3-4-10/h1-2,6,14H,3-4,7H2,(H,12,13). The highest BCUT2D eigenvalue weighted by atomic mass is 16.3. The molecule has 0 bridgehead atoms. The van der Waals surface area contributed by atoms with Gasteiger partial charge in [0.25, 0.3) is 0 Å². The lowest BCUT2D eigenvalue weighted by Crippen LogP contribution is -2.25. The summed E-state index contributed by atoms with van der Waals surface area (Å²) < 4.78 is 0. The van der Waals surface area contributed by atoms with Gasteiger partial charge < -0.3 is 10.4 Å². The van der Waals surface area contributed by atoms with Crippen molar-refractivity contribution in [1.82, 2.24) is 4.98 Å². The van der Waals surface area contributed by atoms with Crippen molar-refractivity contribution in [3.05, 3.63) is 23.9 Å². The van der Waals surface area contributed by atoms with Gasteiger partial charge >= 0.3 is 0 Å². The first-order chi connectivity index (χ1) is 6.78. The van der Waals surface area contributed by atoms with E-state index in [4.69, 9.17) is 10.4 Å². The summed E-state index contributed by atoms with van der Waals surface area (Å²) in [4.78, 5) is 4.08. The number of aliphatic hydroxyl groups is 1. The van der Waals surface area contributed by atoms with Crippen LogP contribution in [0.15, 0.2) is 18.3 Å². The average Bonchev–Trinajstić information content (AvgIpc) is 3.00. The van der Waals surface area contributed by atoms with Gasteiger partial charge in [-0.15, -0.1) is 0 Å². The Hall–Kier alpha value is -1.60. The van der Waals surface area contributed by atoms with Crippen LogP contribution in [0.5, 0.6) is 0 Å². The first-order valence-corrected chi connectivity index (χ1v) is 4.53. The molecule has 4 nitrogen and oxygen atoms in total. The Bertz CT molecular complexity index is 362. The Morgan fingerprint density at radius 3 is 2.79 bits per heavy atom. The molecule has 2 N–H and O–H groups in total. The molecule has 0 spiro atoms. The van der Waals surface area contributed by atoms with E-state index in [1.165, 1.54) is 6.20 Å². The highest BCUT2D eigenvalue weighted by molar-refractivity contribution is 5.43. The molecule has 1 aliphatic carbocycles. The van der Waals surface area contributed by atoms with Crippen LogP contribution in [0.4, 0.5) is 5.82 Å². The second kappa shape index (κ2) is 3.28. The van der Waals surface area contributed by atoms with Gasteiger partial charge in [0.2, 0.25) is 0 Å². The Kier molecular flexibility index (Phi) is 2.10. The summed E-state index contributed by atoms with van der Waals surface area (Å²) in [6, 6.07) is 5.48. The number of rotatable bonds is 3. The number of pyridine rings is 1. The van der Waals surface area contributed by atoms with Crippen LogP contribution in [0.1, 0.15) is 18.4 Å². The first kappa shape index (κ1) is 8.97. The molecule has 0 saturated heterocycles. The number of aliphatic hydroxyl groups excluding tert-OH is 1. The van der Waals surface area contributed by atoms with Gasteiger partial charge in [0.15, 0.2) is 0 Å². The van der Waals surface area contributed by atoms with E-state index in [0.717, 1.165) is 18.7 Å². The third-order valence-corrected chi connectivity index (χ3v) is 2.44. The number of anilines is 1. The van der Waals surface area contributed by atoms with E-state index in [1.54, 1.807) is 12.1 Å². The zero-order valence-corrected chi connectivity index (χ0v) is 7.70. The third kappa shape index (κ3) is 1.68. The van der Waals surface area contributed by atoms with Crippen molar-refractivity contribution < 1.29 is 5.11 Å². The number of nitrogens with zero attached hydrogens (tertiary/aromatic N) is 2. The summed E-state index contributed by atoms with van der Waals surface area (Å²) in [7, 11) is 0. The van der Waals surface area contributed by atoms with Crippen LogP contribution < -0.4 is 5.32 Å². The van der Waals surface area contributed by atoms with Crippen LogP contribution in [0.25, 0.3) is 0 Å². The minimum absolute atomic E-state index is 0.134. The number of aromatic nitrogens is 1. The van der Waals surface area contributed by atoms with Crippen molar-refractivity contribution in [2.75, 3.05) is 11.9 Å². The SMILES string of the molecule is N#Cc1ccc(NC2(CO)CC2)nc1. The largest absolute Gasteiger partial charge is 0.394 e. The number of nitriles is 1. The van der Waals surface area contributed by atoms with Crippen LogP contribution in [0.2, 0.25) is 0 Å². The fourth-order valence-electron chi connectivity index (χ4n) is 1.28. The second-order valence-corrected chi connectivity index (χ2v) is 3.61. The molecule has 2 rings (SSSR count). The van der Waals surface area contributed by atoms with Gasteiger partial charge in [-0.2, -0.15) is 5.26 Å². The fourth-order valence-corrected chi connectivity index (χ4v) is 1.28. The van der Waals surface area contributed by atoms with Gasteiger partial charge in [-0.05, 0) is 25.0 Å². The van der Waals surface area contributed by atoms with Gasteiger partial charge in [-0.25, -0.2) is 4.98 Å². The summed E-state index contributed by atoms with van der Waals surface area (Å²) in [6.45, 7) is 0.134. The Labute approximate surface area is 82.2 Å². The highest BCUT2D eigenvalue weighted by Gasteiger charge is 2.42. The monoisotopic (exact) mass is 189 g/mol. The van der Waals surface area contributed by atoms with E-state index in [2.05, 4.69) is 10.3 Å². The van der Waals surface area contributed by atoms with Crippen LogP contribution in [0.3, 0.4) is 0 Å². The Balaban J connectivity index is 2.08. The molecule has 1 heterocycles. The molecule has 1 aliphatic rings. The topological polar surface area (TPSA) is 68.9 Å². The molecular weight excluding hydrogens is 178 g/mol. The normalized spacial score (nSPS) is 17.1. The first-order valence-electron chi connectivity index (χ1n) is 4.53. The summed E-state index contributed by atoms with van der Waals surface area (Å²) in [5.41, 5.74) is 0.394. The lowest BCUT2D eigenvalue weighted by molar-refractivity contribution is 0.266. The van der Waals surface area contributed by atoms with Crippen molar-refractivity contribution in [3.63, 3.8) is 0 Å². The van der Waals surface area contributed by atoms with Crippen LogP contribution in [-0.4, -0.2) is 22.2 Å². The van der Waals surface area contributed by atoms with E-state index in [0.29, 0.717) is 5.56 Å². The molecule has 1 aromatic rings. The number of hydrogen-bond donors (Lipinski definition) is 2. The number of nitrogens with one attached hydrogen (secondary N) is 1. The summed E-state index contributed by atoms with van der Waals surface area (Å²) >= 11 is 0. The zero-order chi connectivity index (χ0) is 10.0. The lowest BCUT2D eigenvalue weighted by Gasteiger charge is -2.14. The molecule has 14 heavy (non-hydrogen) atoms. The molecule has 0 aromatic carbocycles. The van der Waals surface area contributed by atoms with Gasteiger partial charge in [-0.1, -0.05) is 0 Å². The fraction of sp³-hybridized carbons (Fsp3) is 0.400. The van der Waals surface area contributed by atoms with E-state index in [-0.39, 0.29) is 12.1 Å². The van der Waals surface area contributed by atoms with Crippen LogP contribution in [0, 0.1) is 11.3 Å². The average molecular weight is 189 g/mol. The molecule has 0 aliphatic heterocycles. The van der Waals surface area contributed by atoms with Gasteiger partial charge in [0.05, 0.1) is 17.7 Å². The van der Waals surface area contributed by atoms with Crippen molar-refractivity contribution >= 4 is 5.82 Å². The third-order valence-electron chi connectivity index (χ3n) is 2.44. The van der Waals surface area contributed by atoms with Gasteiger partial charge in [-0.3, -0.25) is 0 Å². The maximum atomic E-state index is 9.08.